The molecule has 30 heavy (non-hydrogen) atoms. The maximum absolute atomic E-state index is 13.3. The number of carbonyl (C=O) groups excluding carboxylic acids is 1. The lowest BCUT2D eigenvalue weighted by Gasteiger charge is -2.08. The van der Waals surface area contributed by atoms with Gasteiger partial charge in [0, 0.05) is 5.69 Å². The fourth-order valence-electron chi connectivity index (χ4n) is 2.95. The Morgan fingerprint density at radius 1 is 1.13 bits per heavy atom. The van der Waals surface area contributed by atoms with E-state index in [0.717, 1.165) is 6.42 Å². The smallest absolute Gasteiger partial charge is 0.262 e. The van der Waals surface area contributed by atoms with Crippen molar-refractivity contribution in [2.24, 2.45) is 0 Å². The number of fused-ring (bicyclic) bond motifs is 1. The standard InChI is InChI=1S/C23H18ClFN2O3/c1-2-14-3-7-17(8-4-14)29-13-22(28)26-16-6-10-21-20(12-16)27-23(30-21)18-9-5-15(25)11-19(18)24/h3-12H,2,13H2,1H3,(H,26,28). The maximum Gasteiger partial charge on any atom is 0.262 e. The van der Waals surface area contributed by atoms with Crippen LogP contribution in [0.4, 0.5) is 10.1 Å². The van der Waals surface area contributed by atoms with Gasteiger partial charge < -0.3 is 14.5 Å². The summed E-state index contributed by atoms with van der Waals surface area (Å²) in [5, 5.41) is 2.98. The molecule has 0 atom stereocenters. The highest BCUT2D eigenvalue weighted by atomic mass is 35.5. The normalized spacial score (nSPS) is 10.9. The van der Waals surface area contributed by atoms with E-state index in [2.05, 4.69) is 17.2 Å². The molecule has 1 amide bonds. The number of amides is 1. The second-order valence-electron chi connectivity index (χ2n) is 6.66. The molecule has 0 spiro atoms. The minimum atomic E-state index is -0.437. The van der Waals surface area contributed by atoms with Crippen molar-refractivity contribution in [1.82, 2.24) is 4.98 Å². The SMILES string of the molecule is CCc1ccc(OCC(=O)Nc2ccc3oc(-c4ccc(F)cc4Cl)nc3c2)cc1. The Morgan fingerprint density at radius 2 is 1.93 bits per heavy atom. The van der Waals surface area contributed by atoms with E-state index in [1.165, 1.54) is 23.8 Å². The van der Waals surface area contributed by atoms with Gasteiger partial charge in [-0.1, -0.05) is 30.7 Å². The van der Waals surface area contributed by atoms with Gasteiger partial charge in [-0.25, -0.2) is 9.37 Å². The molecule has 152 valence electrons. The highest BCUT2D eigenvalue weighted by Crippen LogP contribution is 2.31. The summed E-state index contributed by atoms with van der Waals surface area (Å²) in [6, 6.07) is 16.7. The van der Waals surface area contributed by atoms with Crippen molar-refractivity contribution >= 4 is 34.3 Å². The number of aryl methyl sites for hydroxylation is 1. The number of nitrogens with one attached hydrogen (secondary N) is 1. The fraction of sp³-hybridized carbons (Fsp3) is 0.130. The van der Waals surface area contributed by atoms with Crippen LogP contribution >= 0.6 is 11.6 Å². The minimum Gasteiger partial charge on any atom is -0.484 e. The van der Waals surface area contributed by atoms with Crippen molar-refractivity contribution < 1.29 is 18.3 Å². The predicted molar refractivity (Wildman–Crippen MR) is 114 cm³/mol. The number of carbonyl (C=O) groups is 1. The van der Waals surface area contributed by atoms with Crippen molar-refractivity contribution in [2.75, 3.05) is 11.9 Å². The highest BCUT2D eigenvalue weighted by molar-refractivity contribution is 6.33. The number of halogens is 2. The lowest BCUT2D eigenvalue weighted by molar-refractivity contribution is -0.118. The van der Waals surface area contributed by atoms with Crippen molar-refractivity contribution in [2.45, 2.75) is 13.3 Å². The number of oxazole rings is 1. The Bertz CT molecular complexity index is 1210. The van der Waals surface area contributed by atoms with Gasteiger partial charge >= 0.3 is 0 Å². The number of hydrogen-bond donors (Lipinski definition) is 1. The Hall–Kier alpha value is -3.38. The number of rotatable bonds is 6. The first-order valence-electron chi connectivity index (χ1n) is 9.39. The Kier molecular flexibility index (Phi) is 5.68. The van der Waals surface area contributed by atoms with E-state index in [9.17, 15) is 9.18 Å². The molecule has 0 aliphatic carbocycles. The third kappa shape index (κ3) is 4.44. The van der Waals surface area contributed by atoms with E-state index in [1.807, 2.05) is 24.3 Å². The van der Waals surface area contributed by atoms with Crippen LogP contribution < -0.4 is 10.1 Å². The van der Waals surface area contributed by atoms with Gasteiger partial charge in [0.05, 0.1) is 10.6 Å². The first-order chi connectivity index (χ1) is 14.5. The van der Waals surface area contributed by atoms with Gasteiger partial charge in [0.2, 0.25) is 5.89 Å². The average Bonchev–Trinajstić information content (AvgIpc) is 3.15. The zero-order valence-electron chi connectivity index (χ0n) is 16.1. The van der Waals surface area contributed by atoms with E-state index in [-0.39, 0.29) is 23.4 Å². The molecule has 1 aromatic heterocycles. The van der Waals surface area contributed by atoms with Gasteiger partial charge in [0.1, 0.15) is 17.1 Å². The summed E-state index contributed by atoms with van der Waals surface area (Å²) in [4.78, 5) is 16.6. The number of hydrogen-bond acceptors (Lipinski definition) is 4. The summed E-state index contributed by atoms with van der Waals surface area (Å²) in [7, 11) is 0. The lowest BCUT2D eigenvalue weighted by atomic mass is 10.2. The van der Waals surface area contributed by atoms with Gasteiger partial charge in [-0.05, 0) is 60.5 Å². The first kappa shape index (κ1) is 19.9. The summed E-state index contributed by atoms with van der Waals surface area (Å²) >= 11 is 6.08. The number of aromatic nitrogens is 1. The lowest BCUT2D eigenvalue weighted by Crippen LogP contribution is -2.20. The zero-order valence-corrected chi connectivity index (χ0v) is 16.9. The quantitative estimate of drug-likeness (QED) is 0.420. The number of anilines is 1. The molecule has 3 aromatic carbocycles. The molecule has 0 saturated heterocycles. The molecule has 0 aliphatic heterocycles. The van der Waals surface area contributed by atoms with E-state index >= 15 is 0 Å². The van der Waals surface area contributed by atoms with Gasteiger partial charge in [0.15, 0.2) is 12.2 Å². The van der Waals surface area contributed by atoms with Gasteiger partial charge in [-0.2, -0.15) is 0 Å². The van der Waals surface area contributed by atoms with Gasteiger partial charge in [-0.3, -0.25) is 4.79 Å². The molecule has 0 saturated carbocycles. The predicted octanol–water partition coefficient (Wildman–Crippen LogP) is 5.87. The second-order valence-corrected chi connectivity index (χ2v) is 7.07. The van der Waals surface area contributed by atoms with Crippen LogP contribution in [-0.2, 0) is 11.2 Å². The monoisotopic (exact) mass is 424 g/mol. The first-order valence-corrected chi connectivity index (χ1v) is 9.77. The van der Waals surface area contributed by atoms with Crippen LogP contribution in [0, 0.1) is 5.82 Å². The molecular formula is C23H18ClFN2O3. The Labute approximate surface area is 177 Å². The number of nitrogens with zero attached hydrogens (tertiary/aromatic N) is 1. The van der Waals surface area contributed by atoms with Crippen LogP contribution in [0.25, 0.3) is 22.6 Å². The second kappa shape index (κ2) is 8.55. The summed E-state index contributed by atoms with van der Waals surface area (Å²) in [5.41, 5.74) is 3.31. The van der Waals surface area contributed by atoms with Gasteiger partial charge in [-0.15, -0.1) is 0 Å². The third-order valence-corrected chi connectivity index (χ3v) is 4.85. The van der Waals surface area contributed by atoms with E-state index in [1.54, 1.807) is 18.2 Å². The van der Waals surface area contributed by atoms with Crippen molar-refractivity contribution in [3.63, 3.8) is 0 Å². The zero-order chi connectivity index (χ0) is 21.1. The molecule has 4 rings (SSSR count). The molecule has 4 aromatic rings. The summed E-state index contributed by atoms with van der Waals surface area (Å²) in [6.07, 6.45) is 0.945. The van der Waals surface area contributed by atoms with Crippen LogP contribution in [0.2, 0.25) is 5.02 Å². The summed E-state index contributed by atoms with van der Waals surface area (Å²) in [6.45, 7) is 1.96. The topological polar surface area (TPSA) is 64.4 Å². The molecule has 0 bridgehead atoms. The van der Waals surface area contributed by atoms with E-state index in [0.29, 0.717) is 28.1 Å². The average molecular weight is 425 g/mol. The highest BCUT2D eigenvalue weighted by Gasteiger charge is 2.13. The molecule has 5 nitrogen and oxygen atoms in total. The summed E-state index contributed by atoms with van der Waals surface area (Å²) in [5.74, 6) is 0.181. The van der Waals surface area contributed by atoms with Crippen LogP contribution in [0.5, 0.6) is 5.75 Å². The minimum absolute atomic E-state index is 0.112. The van der Waals surface area contributed by atoms with Crippen LogP contribution in [0.15, 0.2) is 65.1 Å². The Morgan fingerprint density at radius 3 is 2.67 bits per heavy atom. The van der Waals surface area contributed by atoms with Crippen LogP contribution in [0.3, 0.4) is 0 Å². The van der Waals surface area contributed by atoms with Gasteiger partial charge in [0.25, 0.3) is 5.91 Å². The largest absolute Gasteiger partial charge is 0.484 e. The fourth-order valence-corrected chi connectivity index (χ4v) is 3.20. The molecule has 1 N–H and O–H groups in total. The molecule has 7 heteroatoms. The van der Waals surface area contributed by atoms with Crippen LogP contribution in [0.1, 0.15) is 12.5 Å². The molecular weight excluding hydrogens is 407 g/mol. The maximum atomic E-state index is 13.3. The van der Waals surface area contributed by atoms with E-state index < -0.39 is 5.82 Å². The molecule has 0 unspecified atom stereocenters. The number of ether oxygens (including phenoxy) is 1. The van der Waals surface area contributed by atoms with Crippen molar-refractivity contribution in [1.29, 1.82) is 0 Å². The molecule has 1 heterocycles. The van der Waals surface area contributed by atoms with Crippen LogP contribution in [-0.4, -0.2) is 17.5 Å². The van der Waals surface area contributed by atoms with Crippen molar-refractivity contribution in [3.8, 4) is 17.2 Å². The van der Waals surface area contributed by atoms with Crippen molar-refractivity contribution in [3.05, 3.63) is 77.1 Å². The Balaban J connectivity index is 1.44. The number of benzene rings is 3. The summed E-state index contributed by atoms with van der Waals surface area (Å²) < 4.78 is 24.5. The molecule has 0 aliphatic rings. The third-order valence-electron chi connectivity index (χ3n) is 4.53. The molecule has 0 fully saturated rings. The molecule has 0 radical (unpaired) electrons. The van der Waals surface area contributed by atoms with E-state index in [4.69, 9.17) is 20.8 Å².